The molecule has 0 rings (SSSR count). The summed E-state index contributed by atoms with van der Waals surface area (Å²) in [4.78, 5) is 17.9. The standard InChI is InChI=1S/C2H2O4.Mg.6H2O/c3-1(4)2(5)6;;;;;;;/h(H,3,4)(H,5,6);;6*1H2/q;+2;;;;;;/p-2. The summed E-state index contributed by atoms with van der Waals surface area (Å²) in [7, 11) is 0. The van der Waals surface area contributed by atoms with E-state index in [2.05, 4.69) is 0 Å². The molecule has 0 fully saturated rings. The monoisotopic (exact) mass is 220 g/mol. The second-order valence-corrected chi connectivity index (χ2v) is 0.575. The van der Waals surface area contributed by atoms with Gasteiger partial charge in [0.15, 0.2) is 0 Å². The van der Waals surface area contributed by atoms with E-state index in [4.69, 9.17) is 19.8 Å². The molecule has 0 aliphatic rings. The molecule has 13 heavy (non-hydrogen) atoms. The number of hydrogen-bond acceptors (Lipinski definition) is 4. The number of rotatable bonds is 0. The number of carboxylic acids is 2. The minimum atomic E-state index is -2.19. The van der Waals surface area contributed by atoms with Gasteiger partial charge in [-0.1, -0.05) is 0 Å². The van der Waals surface area contributed by atoms with Crippen LogP contribution in [-0.2, 0) is 9.59 Å². The normalized spacial score (nSPS) is 3.38. The average Bonchev–Trinajstić information content (AvgIpc) is 1.36. The molecule has 0 saturated carbocycles. The zero-order valence-corrected chi connectivity index (χ0v) is 7.75. The Balaban J connectivity index is -0.00000000595. The van der Waals surface area contributed by atoms with Gasteiger partial charge in [-0.15, -0.1) is 0 Å². The summed E-state index contributed by atoms with van der Waals surface area (Å²) in [5.74, 6) is -4.37. The molecule has 0 unspecified atom stereocenters. The van der Waals surface area contributed by atoms with E-state index < -0.39 is 11.9 Å². The van der Waals surface area contributed by atoms with Gasteiger partial charge in [0.05, 0.1) is 11.9 Å². The van der Waals surface area contributed by atoms with Gasteiger partial charge in [0.1, 0.15) is 0 Å². The van der Waals surface area contributed by atoms with E-state index in [9.17, 15) is 0 Å². The van der Waals surface area contributed by atoms with Crippen molar-refractivity contribution in [1.29, 1.82) is 0 Å². The maximum atomic E-state index is 8.93. The molecule has 0 spiro atoms. The summed E-state index contributed by atoms with van der Waals surface area (Å²) in [6.07, 6.45) is 0. The van der Waals surface area contributed by atoms with Crippen molar-refractivity contribution < 1.29 is 52.7 Å². The minimum absolute atomic E-state index is 0. The van der Waals surface area contributed by atoms with Gasteiger partial charge in [-0.25, -0.2) is 0 Å². The van der Waals surface area contributed by atoms with Gasteiger partial charge in [0.25, 0.3) is 0 Å². The summed E-state index contributed by atoms with van der Waals surface area (Å²) in [5.41, 5.74) is 0. The molecule has 0 bridgehead atoms. The first kappa shape index (κ1) is 82.2. The van der Waals surface area contributed by atoms with Crippen LogP contribution in [0.25, 0.3) is 0 Å². The molecule has 0 amide bonds. The Bertz CT molecular complexity index is 78.9. The van der Waals surface area contributed by atoms with Crippen LogP contribution in [0.5, 0.6) is 0 Å². The largest absolute Gasteiger partial charge is 2.00 e. The Morgan fingerprint density at radius 1 is 0.615 bits per heavy atom. The van der Waals surface area contributed by atoms with Gasteiger partial charge >= 0.3 is 23.1 Å². The summed E-state index contributed by atoms with van der Waals surface area (Å²) in [5, 5.41) is 17.9. The van der Waals surface area contributed by atoms with E-state index in [1.165, 1.54) is 0 Å². The Morgan fingerprint density at radius 3 is 0.692 bits per heavy atom. The maximum Gasteiger partial charge on any atom is 2.00 e. The summed E-state index contributed by atoms with van der Waals surface area (Å²) in [6.45, 7) is 0. The molecule has 0 aliphatic carbocycles. The number of carboxylic acid groups (broad SMARTS) is 2. The smallest absolute Gasteiger partial charge is 0.543 e. The van der Waals surface area contributed by atoms with Crippen LogP contribution in [0.15, 0.2) is 0 Å². The quantitative estimate of drug-likeness (QED) is 0.283. The van der Waals surface area contributed by atoms with Gasteiger partial charge in [0.2, 0.25) is 0 Å². The van der Waals surface area contributed by atoms with Crippen molar-refractivity contribution in [2.24, 2.45) is 0 Å². The molecule has 0 heterocycles. The molecule has 82 valence electrons. The fourth-order valence-electron chi connectivity index (χ4n) is 0. The predicted octanol–water partition coefficient (Wildman–Crippen LogP) is -8.84. The number of aliphatic carboxylic acids is 2. The van der Waals surface area contributed by atoms with E-state index in [0.717, 1.165) is 0 Å². The number of hydrogen-bond donors (Lipinski definition) is 0. The molecule has 11 heteroatoms. The first-order valence-electron chi connectivity index (χ1n) is 1.07. The van der Waals surface area contributed by atoms with Gasteiger partial charge in [-0.2, -0.15) is 0 Å². The van der Waals surface area contributed by atoms with Crippen LogP contribution in [0.2, 0.25) is 0 Å². The molecule has 10 nitrogen and oxygen atoms in total. The van der Waals surface area contributed by atoms with E-state index in [-0.39, 0.29) is 55.9 Å². The van der Waals surface area contributed by atoms with Crippen LogP contribution < -0.4 is 10.2 Å². The molecule has 0 radical (unpaired) electrons. The fraction of sp³-hybridized carbons (Fsp3) is 0. The predicted molar refractivity (Wildman–Crippen MR) is 37.5 cm³/mol. The second kappa shape index (κ2) is 42.0. The van der Waals surface area contributed by atoms with Crippen LogP contribution in [0.4, 0.5) is 0 Å². The molecule has 0 saturated heterocycles. The zero-order valence-electron chi connectivity index (χ0n) is 6.34. The van der Waals surface area contributed by atoms with Gasteiger partial charge in [-0.3, -0.25) is 0 Å². The fourth-order valence-corrected chi connectivity index (χ4v) is 0. The van der Waals surface area contributed by atoms with Gasteiger partial charge in [-0.05, 0) is 0 Å². The Labute approximate surface area is 88.2 Å². The van der Waals surface area contributed by atoms with Crippen LogP contribution in [0.1, 0.15) is 0 Å². The average molecular weight is 220 g/mol. The van der Waals surface area contributed by atoms with E-state index in [1.807, 2.05) is 0 Å². The third-order valence-electron chi connectivity index (χ3n) is 0.167. The third-order valence-corrected chi connectivity index (χ3v) is 0.167. The molecule has 12 N–H and O–H groups in total. The molecular formula is C2H12MgO10. The van der Waals surface area contributed by atoms with Crippen molar-refractivity contribution in [2.75, 3.05) is 0 Å². The maximum absolute atomic E-state index is 8.93. The molecular weight excluding hydrogens is 208 g/mol. The van der Waals surface area contributed by atoms with E-state index >= 15 is 0 Å². The summed E-state index contributed by atoms with van der Waals surface area (Å²) in [6, 6.07) is 0. The molecule has 0 aromatic rings. The first-order chi connectivity index (χ1) is 2.64. The van der Waals surface area contributed by atoms with Gasteiger partial charge in [0, 0.05) is 0 Å². The molecule has 0 aliphatic heterocycles. The van der Waals surface area contributed by atoms with Crippen molar-refractivity contribution in [3.63, 3.8) is 0 Å². The van der Waals surface area contributed by atoms with Crippen molar-refractivity contribution >= 4 is 35.0 Å². The van der Waals surface area contributed by atoms with Crippen molar-refractivity contribution in [1.82, 2.24) is 0 Å². The molecule has 0 aromatic heterocycles. The van der Waals surface area contributed by atoms with E-state index in [1.54, 1.807) is 0 Å². The van der Waals surface area contributed by atoms with Crippen LogP contribution in [0, 0.1) is 0 Å². The van der Waals surface area contributed by atoms with Crippen LogP contribution >= 0.6 is 0 Å². The van der Waals surface area contributed by atoms with Crippen LogP contribution in [0.3, 0.4) is 0 Å². The Morgan fingerprint density at radius 2 is 0.692 bits per heavy atom. The zero-order chi connectivity index (χ0) is 5.15. The molecule has 0 atom stereocenters. The van der Waals surface area contributed by atoms with Crippen molar-refractivity contribution in [3.8, 4) is 0 Å². The Kier molecular flexibility index (Phi) is 266. The summed E-state index contributed by atoms with van der Waals surface area (Å²) >= 11 is 0. The van der Waals surface area contributed by atoms with Crippen molar-refractivity contribution in [3.05, 3.63) is 0 Å². The number of carbonyl (C=O) groups is 2. The van der Waals surface area contributed by atoms with Crippen LogP contribution in [-0.4, -0.2) is 67.8 Å². The summed E-state index contributed by atoms with van der Waals surface area (Å²) < 4.78 is 0. The minimum Gasteiger partial charge on any atom is -0.543 e. The van der Waals surface area contributed by atoms with Gasteiger partial charge < -0.3 is 52.7 Å². The second-order valence-electron chi connectivity index (χ2n) is 0.575. The third kappa shape index (κ3) is 85.5. The molecule has 0 aromatic carbocycles. The Hall–Kier alpha value is -0.534. The first-order valence-corrected chi connectivity index (χ1v) is 1.07. The van der Waals surface area contributed by atoms with E-state index in [0.29, 0.717) is 0 Å². The SMILES string of the molecule is O.O.O.O.O.O.O=C([O-])C(=O)[O-].[Mg+2]. The topological polar surface area (TPSA) is 269 Å². The number of carbonyl (C=O) groups excluding carboxylic acids is 2. The van der Waals surface area contributed by atoms with Crippen molar-refractivity contribution in [2.45, 2.75) is 0 Å².